The van der Waals surface area contributed by atoms with Gasteiger partial charge in [-0.3, -0.25) is 0 Å². The number of halogens is 1. The fraction of sp³-hybridized carbons (Fsp3) is 0.538. The van der Waals surface area contributed by atoms with Crippen molar-refractivity contribution in [2.45, 2.75) is 37.9 Å². The van der Waals surface area contributed by atoms with Crippen molar-refractivity contribution in [3.05, 3.63) is 35.6 Å². The predicted octanol–water partition coefficient (Wildman–Crippen LogP) is 1.99. The minimum Gasteiger partial charge on any atom is -0.343 e. The summed E-state index contributed by atoms with van der Waals surface area (Å²) in [4.78, 5) is 0. The summed E-state index contributed by atoms with van der Waals surface area (Å²) in [6, 6.07) is 6.63. The maximum Gasteiger partial charge on any atom is 0.163 e. The van der Waals surface area contributed by atoms with Gasteiger partial charge in [-0.05, 0) is 31.5 Å². The molecule has 2 heterocycles. The summed E-state index contributed by atoms with van der Waals surface area (Å²) in [6.07, 6.45) is 0.0931. The van der Waals surface area contributed by atoms with Crippen molar-refractivity contribution in [2.75, 3.05) is 6.54 Å². The molecule has 92 valence electrons. The van der Waals surface area contributed by atoms with Crippen molar-refractivity contribution in [1.29, 1.82) is 0 Å². The molecule has 2 aliphatic heterocycles. The normalized spacial score (nSPS) is 34.9. The molecule has 0 saturated carbocycles. The zero-order valence-corrected chi connectivity index (χ0v) is 9.94. The van der Waals surface area contributed by atoms with Crippen LogP contribution < -0.4 is 5.32 Å². The number of ether oxygens (including phenoxy) is 2. The number of nitrogens with one attached hydrogen (secondary N) is 1. The van der Waals surface area contributed by atoms with E-state index >= 15 is 0 Å². The van der Waals surface area contributed by atoms with E-state index in [0.29, 0.717) is 0 Å². The van der Waals surface area contributed by atoms with Crippen molar-refractivity contribution in [1.82, 2.24) is 5.32 Å². The van der Waals surface area contributed by atoms with Gasteiger partial charge in [0.25, 0.3) is 0 Å². The molecule has 0 amide bonds. The lowest BCUT2D eigenvalue weighted by molar-refractivity contribution is -0.153. The first-order valence-corrected chi connectivity index (χ1v) is 5.90. The summed E-state index contributed by atoms with van der Waals surface area (Å²) in [6.45, 7) is 4.62. The zero-order valence-electron chi connectivity index (χ0n) is 9.94. The summed E-state index contributed by atoms with van der Waals surface area (Å²) in [5.41, 5.74) is 1.04. The van der Waals surface area contributed by atoms with Crippen molar-refractivity contribution < 1.29 is 13.9 Å². The molecule has 4 heteroatoms. The molecule has 0 radical (unpaired) electrons. The average molecular weight is 237 g/mol. The van der Waals surface area contributed by atoms with Crippen LogP contribution in [0.3, 0.4) is 0 Å². The van der Waals surface area contributed by atoms with Gasteiger partial charge in [-0.1, -0.05) is 12.1 Å². The Labute approximate surface area is 99.9 Å². The molecular formula is C13H16FNO2. The van der Waals surface area contributed by atoms with E-state index in [1.165, 1.54) is 12.1 Å². The second-order valence-electron chi connectivity index (χ2n) is 5.08. The standard InChI is InChI=1S/C13H16FNO2/c1-13(2)16-10-7-15-11(12(10)17-13)8-3-5-9(14)6-4-8/h3-6,10-12,15H,7H2,1-2H3/t10-,11+,12-/m1/s1. The van der Waals surface area contributed by atoms with Gasteiger partial charge in [0.1, 0.15) is 18.0 Å². The van der Waals surface area contributed by atoms with E-state index in [1.54, 1.807) is 12.1 Å². The van der Waals surface area contributed by atoms with Gasteiger partial charge in [0, 0.05) is 6.54 Å². The van der Waals surface area contributed by atoms with E-state index in [0.717, 1.165) is 12.1 Å². The first kappa shape index (κ1) is 11.1. The van der Waals surface area contributed by atoms with E-state index in [4.69, 9.17) is 9.47 Å². The van der Waals surface area contributed by atoms with Crippen LogP contribution in [0.1, 0.15) is 25.5 Å². The summed E-state index contributed by atoms with van der Waals surface area (Å²) in [7, 11) is 0. The minimum atomic E-state index is -0.518. The van der Waals surface area contributed by atoms with Crippen LogP contribution in [0.2, 0.25) is 0 Å². The Morgan fingerprint density at radius 1 is 1.24 bits per heavy atom. The van der Waals surface area contributed by atoms with Crippen molar-refractivity contribution in [3.63, 3.8) is 0 Å². The lowest BCUT2D eigenvalue weighted by Gasteiger charge is -2.22. The lowest BCUT2D eigenvalue weighted by atomic mass is 10.0. The highest BCUT2D eigenvalue weighted by molar-refractivity contribution is 5.23. The summed E-state index contributed by atoms with van der Waals surface area (Å²) in [5.74, 6) is -0.734. The molecule has 3 nitrogen and oxygen atoms in total. The third-order valence-electron chi connectivity index (χ3n) is 3.32. The Bertz CT molecular complexity index is 418. The molecule has 3 atom stereocenters. The maximum absolute atomic E-state index is 12.9. The highest BCUT2D eigenvalue weighted by Crippen LogP contribution is 2.38. The number of fused-ring (bicyclic) bond motifs is 1. The minimum absolute atomic E-state index is 0.00969. The maximum atomic E-state index is 12.9. The van der Waals surface area contributed by atoms with Crippen LogP contribution in [0.25, 0.3) is 0 Å². The van der Waals surface area contributed by atoms with E-state index in [2.05, 4.69) is 5.32 Å². The molecule has 0 spiro atoms. The van der Waals surface area contributed by atoms with Gasteiger partial charge in [0.15, 0.2) is 5.79 Å². The first-order chi connectivity index (χ1) is 8.05. The number of hydrogen-bond acceptors (Lipinski definition) is 3. The van der Waals surface area contributed by atoms with E-state index < -0.39 is 5.79 Å². The third kappa shape index (κ3) is 1.97. The van der Waals surface area contributed by atoms with Crippen LogP contribution in [0.5, 0.6) is 0 Å². The van der Waals surface area contributed by atoms with Crippen molar-refractivity contribution in [3.8, 4) is 0 Å². The Hall–Kier alpha value is -0.970. The Balaban J connectivity index is 1.83. The zero-order chi connectivity index (χ0) is 12.0. The van der Waals surface area contributed by atoms with Crippen LogP contribution in [0.4, 0.5) is 4.39 Å². The largest absolute Gasteiger partial charge is 0.343 e. The lowest BCUT2D eigenvalue weighted by Crippen LogP contribution is -2.29. The highest BCUT2D eigenvalue weighted by Gasteiger charge is 2.49. The second kappa shape index (κ2) is 3.77. The van der Waals surface area contributed by atoms with Gasteiger partial charge in [-0.25, -0.2) is 4.39 Å². The van der Waals surface area contributed by atoms with Crippen LogP contribution in [-0.2, 0) is 9.47 Å². The van der Waals surface area contributed by atoms with Crippen molar-refractivity contribution in [2.24, 2.45) is 0 Å². The molecule has 1 aromatic carbocycles. The summed E-state index contributed by atoms with van der Waals surface area (Å²) >= 11 is 0. The third-order valence-corrected chi connectivity index (χ3v) is 3.32. The van der Waals surface area contributed by atoms with E-state index in [9.17, 15) is 4.39 Å². The molecule has 2 saturated heterocycles. The Morgan fingerprint density at radius 2 is 1.94 bits per heavy atom. The molecule has 0 aliphatic carbocycles. The second-order valence-corrected chi connectivity index (χ2v) is 5.08. The van der Waals surface area contributed by atoms with Gasteiger partial charge in [0.2, 0.25) is 0 Å². The first-order valence-electron chi connectivity index (χ1n) is 5.90. The molecule has 17 heavy (non-hydrogen) atoms. The molecule has 1 aromatic rings. The quantitative estimate of drug-likeness (QED) is 0.810. The van der Waals surface area contributed by atoms with Crippen LogP contribution in [0.15, 0.2) is 24.3 Å². The number of rotatable bonds is 1. The predicted molar refractivity (Wildman–Crippen MR) is 61.0 cm³/mol. The number of hydrogen-bond donors (Lipinski definition) is 1. The molecule has 0 aromatic heterocycles. The Morgan fingerprint density at radius 3 is 2.65 bits per heavy atom. The van der Waals surface area contributed by atoms with Gasteiger partial charge < -0.3 is 14.8 Å². The molecule has 2 aliphatic rings. The van der Waals surface area contributed by atoms with Gasteiger partial charge in [-0.2, -0.15) is 0 Å². The smallest absolute Gasteiger partial charge is 0.163 e. The summed E-state index contributed by atoms with van der Waals surface area (Å²) in [5, 5.41) is 3.36. The summed E-state index contributed by atoms with van der Waals surface area (Å²) < 4.78 is 24.6. The van der Waals surface area contributed by atoms with E-state index in [-0.39, 0.29) is 24.1 Å². The molecule has 0 bridgehead atoms. The Kier molecular flexibility index (Phi) is 2.47. The van der Waals surface area contributed by atoms with Crippen LogP contribution in [0, 0.1) is 5.82 Å². The fourth-order valence-corrected chi connectivity index (χ4v) is 2.64. The van der Waals surface area contributed by atoms with Crippen LogP contribution >= 0.6 is 0 Å². The van der Waals surface area contributed by atoms with Gasteiger partial charge in [-0.15, -0.1) is 0 Å². The molecule has 0 unspecified atom stereocenters. The fourth-order valence-electron chi connectivity index (χ4n) is 2.64. The molecular weight excluding hydrogens is 221 g/mol. The topological polar surface area (TPSA) is 30.5 Å². The van der Waals surface area contributed by atoms with Crippen molar-refractivity contribution >= 4 is 0 Å². The van der Waals surface area contributed by atoms with Gasteiger partial charge >= 0.3 is 0 Å². The monoisotopic (exact) mass is 237 g/mol. The van der Waals surface area contributed by atoms with E-state index in [1.807, 2.05) is 13.8 Å². The molecule has 2 fully saturated rings. The molecule has 3 rings (SSSR count). The molecule has 1 N–H and O–H groups in total. The highest BCUT2D eigenvalue weighted by atomic mass is 19.1. The number of benzene rings is 1. The van der Waals surface area contributed by atoms with Gasteiger partial charge in [0.05, 0.1) is 6.04 Å². The van der Waals surface area contributed by atoms with Crippen LogP contribution in [-0.4, -0.2) is 24.5 Å². The average Bonchev–Trinajstić information content (AvgIpc) is 2.74. The SMILES string of the molecule is CC1(C)O[C@@H]2[C@@H](CN[C@H]2c2ccc(F)cc2)O1.